The van der Waals surface area contributed by atoms with Crippen molar-refractivity contribution < 1.29 is 0 Å². The van der Waals surface area contributed by atoms with Crippen molar-refractivity contribution in [2.24, 2.45) is 10.2 Å². The lowest BCUT2D eigenvalue weighted by molar-refractivity contribution is 0.787. The van der Waals surface area contributed by atoms with Crippen molar-refractivity contribution in [2.75, 3.05) is 11.9 Å². The summed E-state index contributed by atoms with van der Waals surface area (Å²) in [6, 6.07) is 7.84. The zero-order valence-corrected chi connectivity index (χ0v) is 8.46. The van der Waals surface area contributed by atoms with Crippen LogP contribution in [-0.4, -0.2) is 12.8 Å². The zero-order valence-electron chi connectivity index (χ0n) is 8.46. The molecule has 2 rings (SSSR count). The third-order valence-electron chi connectivity index (χ3n) is 2.08. The molecular weight excluding hydrogens is 204 g/mol. The normalized spacial score (nSPS) is 12.6. The average Bonchev–Trinajstić information content (AvgIpc) is 2.51. The van der Waals surface area contributed by atoms with Gasteiger partial charge in [0.15, 0.2) is 0 Å². The summed E-state index contributed by atoms with van der Waals surface area (Å²) in [6.45, 7) is 0.412. The molecule has 1 heterocycles. The molecule has 0 atom stereocenters. The van der Waals surface area contributed by atoms with E-state index in [0.29, 0.717) is 6.54 Å². The lowest BCUT2D eigenvalue weighted by Crippen LogP contribution is -2.14. The second-order valence-corrected chi connectivity index (χ2v) is 3.17. The maximum absolute atomic E-state index is 8.14. The van der Waals surface area contributed by atoms with Crippen LogP contribution in [0.3, 0.4) is 0 Å². The van der Waals surface area contributed by atoms with Gasteiger partial charge in [0.2, 0.25) is 0 Å². The van der Waals surface area contributed by atoms with Crippen molar-refractivity contribution in [3.8, 4) is 0 Å². The van der Waals surface area contributed by atoms with E-state index in [1.54, 1.807) is 12.4 Å². The Labute approximate surface area is 92.3 Å². The molecule has 1 aromatic carbocycles. The fraction of sp³-hybridized carbons (Fsp3) is 0.100. The van der Waals surface area contributed by atoms with Crippen LogP contribution < -0.4 is 10.7 Å². The summed E-state index contributed by atoms with van der Waals surface area (Å²) in [5.41, 5.74) is 13.6. The van der Waals surface area contributed by atoms with E-state index in [-0.39, 0.29) is 0 Å². The van der Waals surface area contributed by atoms with Crippen molar-refractivity contribution in [1.82, 2.24) is 5.43 Å². The van der Waals surface area contributed by atoms with Crippen LogP contribution in [0.2, 0.25) is 0 Å². The fourth-order valence-corrected chi connectivity index (χ4v) is 1.38. The van der Waals surface area contributed by atoms with Gasteiger partial charge in [-0.05, 0) is 11.3 Å². The highest BCUT2D eigenvalue weighted by molar-refractivity contribution is 5.89. The molecule has 0 amide bonds. The summed E-state index contributed by atoms with van der Waals surface area (Å²) in [5, 5.41) is 6.46. The van der Waals surface area contributed by atoms with E-state index in [9.17, 15) is 0 Å². The van der Waals surface area contributed by atoms with Gasteiger partial charge in [-0.3, -0.25) is 10.4 Å². The fourth-order valence-electron chi connectivity index (χ4n) is 1.38. The number of benzene rings is 1. The highest BCUT2D eigenvalue weighted by Crippen LogP contribution is 2.17. The number of azide groups is 1. The third kappa shape index (κ3) is 2.31. The Balaban J connectivity index is 2.13. The van der Waals surface area contributed by atoms with Crippen LogP contribution in [0.5, 0.6) is 0 Å². The lowest BCUT2D eigenvalue weighted by atomic mass is 10.2. The molecular formula is C10H10N6. The van der Waals surface area contributed by atoms with E-state index in [1.807, 2.05) is 24.3 Å². The molecule has 0 saturated carbocycles. The quantitative estimate of drug-likeness (QED) is 0.350. The van der Waals surface area contributed by atoms with Crippen molar-refractivity contribution in [3.05, 3.63) is 52.2 Å². The molecule has 1 aromatic rings. The molecule has 16 heavy (non-hydrogen) atoms. The monoisotopic (exact) mass is 214 g/mol. The Morgan fingerprint density at radius 1 is 1.44 bits per heavy atom. The first-order valence-corrected chi connectivity index (χ1v) is 4.75. The molecule has 1 aliphatic rings. The molecule has 0 aromatic heterocycles. The van der Waals surface area contributed by atoms with Gasteiger partial charge in [0.25, 0.3) is 0 Å². The van der Waals surface area contributed by atoms with Gasteiger partial charge in [-0.1, -0.05) is 18.2 Å². The predicted molar refractivity (Wildman–Crippen MR) is 62.9 cm³/mol. The Morgan fingerprint density at radius 2 is 2.31 bits per heavy atom. The molecule has 0 spiro atoms. The van der Waals surface area contributed by atoms with Gasteiger partial charge < -0.3 is 5.32 Å². The Morgan fingerprint density at radius 3 is 3.19 bits per heavy atom. The van der Waals surface area contributed by atoms with Crippen molar-refractivity contribution in [3.63, 3.8) is 0 Å². The summed E-state index contributed by atoms with van der Waals surface area (Å²) in [4.78, 5) is 6.76. The number of fused-ring (bicyclic) bond motifs is 1. The summed E-state index contributed by atoms with van der Waals surface area (Å²) < 4.78 is 0. The van der Waals surface area contributed by atoms with E-state index in [2.05, 4.69) is 25.9 Å². The van der Waals surface area contributed by atoms with Crippen LogP contribution >= 0.6 is 0 Å². The topological polar surface area (TPSA) is 85.2 Å². The Kier molecular flexibility index (Phi) is 3.06. The number of nitrogens with one attached hydrogen (secondary N) is 2. The van der Waals surface area contributed by atoms with E-state index in [1.165, 1.54) is 0 Å². The van der Waals surface area contributed by atoms with Crippen LogP contribution in [0.15, 0.2) is 46.4 Å². The molecule has 6 heteroatoms. The molecule has 2 N–H and O–H groups in total. The van der Waals surface area contributed by atoms with Gasteiger partial charge in [-0.2, -0.15) is 4.91 Å². The standard InChI is InChI=1S/C10H10N6/c11-15-16-13-7-9-6-12-5-8-3-1-2-4-10(8)14-9/h1-6,13-14H,7H2. The first kappa shape index (κ1) is 10.1. The number of rotatable bonds is 3. The van der Waals surface area contributed by atoms with Crippen LogP contribution in [0, 0.1) is 0 Å². The summed E-state index contributed by atoms with van der Waals surface area (Å²) in [7, 11) is 0. The van der Waals surface area contributed by atoms with Crippen LogP contribution in [0.4, 0.5) is 5.69 Å². The van der Waals surface area contributed by atoms with Gasteiger partial charge in [0.05, 0.1) is 11.9 Å². The van der Waals surface area contributed by atoms with E-state index in [4.69, 9.17) is 5.53 Å². The average molecular weight is 214 g/mol. The molecule has 0 bridgehead atoms. The summed E-state index contributed by atoms with van der Waals surface area (Å²) in [5.74, 6) is 0. The first-order chi connectivity index (χ1) is 7.90. The van der Waals surface area contributed by atoms with Gasteiger partial charge in [0, 0.05) is 17.5 Å². The number of para-hydroxylation sites is 1. The highest BCUT2D eigenvalue weighted by Gasteiger charge is 2.05. The van der Waals surface area contributed by atoms with Crippen molar-refractivity contribution in [1.29, 1.82) is 0 Å². The molecule has 0 radical (unpaired) electrons. The third-order valence-corrected chi connectivity index (χ3v) is 2.08. The molecule has 6 nitrogen and oxygen atoms in total. The second kappa shape index (κ2) is 4.86. The summed E-state index contributed by atoms with van der Waals surface area (Å²) >= 11 is 0. The molecule has 0 aliphatic carbocycles. The van der Waals surface area contributed by atoms with Crippen LogP contribution in [0.25, 0.3) is 10.4 Å². The lowest BCUT2D eigenvalue weighted by Gasteiger charge is -2.08. The number of hydrogen-bond donors (Lipinski definition) is 2. The highest BCUT2D eigenvalue weighted by atomic mass is 15.4. The number of hydrogen-bond acceptors (Lipinski definition) is 3. The number of nitrogens with zero attached hydrogens (tertiary/aromatic N) is 4. The van der Waals surface area contributed by atoms with Gasteiger partial charge >= 0.3 is 0 Å². The number of aliphatic imine (C=N–C) groups is 1. The number of anilines is 1. The second-order valence-electron chi connectivity index (χ2n) is 3.17. The van der Waals surface area contributed by atoms with Gasteiger partial charge in [0.1, 0.15) is 6.54 Å². The van der Waals surface area contributed by atoms with Gasteiger partial charge in [-0.25, -0.2) is 0 Å². The van der Waals surface area contributed by atoms with Crippen LogP contribution in [-0.2, 0) is 0 Å². The Bertz CT molecular complexity index is 484. The van der Waals surface area contributed by atoms with E-state index >= 15 is 0 Å². The van der Waals surface area contributed by atoms with Gasteiger partial charge in [-0.15, -0.1) is 5.53 Å². The van der Waals surface area contributed by atoms with Crippen molar-refractivity contribution in [2.45, 2.75) is 0 Å². The maximum Gasteiger partial charge on any atom is 0.127 e. The molecule has 80 valence electrons. The molecule has 1 aliphatic heterocycles. The summed E-state index contributed by atoms with van der Waals surface area (Å²) in [6.07, 6.45) is 3.47. The smallest absolute Gasteiger partial charge is 0.127 e. The molecule has 0 unspecified atom stereocenters. The van der Waals surface area contributed by atoms with E-state index in [0.717, 1.165) is 16.9 Å². The molecule has 0 fully saturated rings. The molecule has 0 saturated heterocycles. The first-order valence-electron chi connectivity index (χ1n) is 4.75. The largest absolute Gasteiger partial charge is 0.354 e. The minimum atomic E-state index is 0.412. The van der Waals surface area contributed by atoms with E-state index < -0.39 is 0 Å². The maximum atomic E-state index is 8.14. The minimum Gasteiger partial charge on any atom is -0.354 e. The van der Waals surface area contributed by atoms with Crippen molar-refractivity contribution >= 4 is 11.9 Å². The van der Waals surface area contributed by atoms with Crippen LogP contribution in [0.1, 0.15) is 5.56 Å². The minimum absolute atomic E-state index is 0.412. The Hall–Kier alpha value is -2.46. The zero-order chi connectivity index (χ0) is 11.2. The SMILES string of the molecule is [N-]=[N+]=NNCC1=CN=Cc2ccccc2N1. The predicted octanol–water partition coefficient (Wildman–Crippen LogP) is 2.19.